The minimum absolute atomic E-state index is 0.0252. The van der Waals surface area contributed by atoms with Gasteiger partial charge in [-0.25, -0.2) is 4.98 Å². The van der Waals surface area contributed by atoms with Crippen LogP contribution >= 0.6 is 22.6 Å². The lowest BCUT2D eigenvalue weighted by atomic mass is 9.86. The Bertz CT molecular complexity index is 485. The van der Waals surface area contributed by atoms with E-state index in [0.717, 1.165) is 32.3 Å². The molecule has 0 aliphatic carbocycles. The van der Waals surface area contributed by atoms with E-state index < -0.39 is 0 Å². The zero-order valence-corrected chi connectivity index (χ0v) is 13.5. The fraction of sp³-hybridized carbons (Fsp3) is 0.692. The number of H-pyrrole nitrogens is 1. The van der Waals surface area contributed by atoms with Crippen molar-refractivity contribution in [2.75, 3.05) is 11.9 Å². The fourth-order valence-corrected chi connectivity index (χ4v) is 3.02. The lowest BCUT2D eigenvalue weighted by molar-refractivity contribution is -0.0864. The summed E-state index contributed by atoms with van der Waals surface area (Å²) in [7, 11) is 0. The van der Waals surface area contributed by atoms with Crippen LogP contribution in [0.4, 0.5) is 5.82 Å². The van der Waals surface area contributed by atoms with Gasteiger partial charge in [0.05, 0.1) is 11.9 Å². The second-order valence-electron chi connectivity index (χ2n) is 4.97. The van der Waals surface area contributed by atoms with Crippen LogP contribution in [-0.2, 0) is 4.74 Å². The number of anilines is 1. The predicted molar refractivity (Wildman–Crippen MR) is 83.5 cm³/mol. The molecule has 1 saturated heterocycles. The molecule has 6 heteroatoms. The molecular formula is C13H20IN3O2. The van der Waals surface area contributed by atoms with Crippen LogP contribution in [0.15, 0.2) is 11.1 Å². The third-order valence-electron chi connectivity index (χ3n) is 3.92. The van der Waals surface area contributed by atoms with Gasteiger partial charge >= 0.3 is 0 Å². The van der Waals surface area contributed by atoms with Crippen molar-refractivity contribution < 1.29 is 4.74 Å². The van der Waals surface area contributed by atoms with Gasteiger partial charge in [-0.2, -0.15) is 0 Å². The molecule has 0 radical (unpaired) electrons. The molecule has 1 atom stereocenters. The minimum Gasteiger partial charge on any atom is -0.375 e. The van der Waals surface area contributed by atoms with E-state index in [-0.39, 0.29) is 11.2 Å². The highest BCUT2D eigenvalue weighted by molar-refractivity contribution is 14.1. The number of hydrogen-bond acceptors (Lipinski definition) is 4. The summed E-state index contributed by atoms with van der Waals surface area (Å²) in [4.78, 5) is 18.3. The number of aromatic amines is 1. The first kappa shape index (κ1) is 14.8. The highest BCUT2D eigenvalue weighted by Crippen LogP contribution is 2.32. The standard InChI is InChI=1S/C13H20IN3O2/c1-3-13(4-2)7-9(5-6-19-13)17-11-10(14)12(18)16-8-15-11/h8-9H,3-7H2,1-2H3,(H2,15,16,17,18). The lowest BCUT2D eigenvalue weighted by Gasteiger charge is -2.40. The molecule has 1 fully saturated rings. The molecule has 0 aromatic carbocycles. The summed E-state index contributed by atoms with van der Waals surface area (Å²) in [5.41, 5.74) is -0.120. The van der Waals surface area contributed by atoms with Gasteiger partial charge in [-0.05, 0) is 48.3 Å². The van der Waals surface area contributed by atoms with Gasteiger partial charge in [0.25, 0.3) is 5.56 Å². The summed E-state index contributed by atoms with van der Waals surface area (Å²) < 4.78 is 6.57. The van der Waals surface area contributed by atoms with Crippen molar-refractivity contribution in [3.05, 3.63) is 20.3 Å². The van der Waals surface area contributed by atoms with Crippen molar-refractivity contribution in [1.29, 1.82) is 0 Å². The Morgan fingerprint density at radius 1 is 1.58 bits per heavy atom. The SMILES string of the molecule is CCC1(CC)CC(Nc2nc[nH]c(=O)c2I)CCO1. The van der Waals surface area contributed by atoms with Crippen molar-refractivity contribution in [1.82, 2.24) is 9.97 Å². The molecule has 1 unspecified atom stereocenters. The van der Waals surface area contributed by atoms with Crippen molar-refractivity contribution in [2.45, 2.75) is 51.2 Å². The summed E-state index contributed by atoms with van der Waals surface area (Å²) in [6.07, 6.45) is 5.39. The molecular weight excluding hydrogens is 357 g/mol. The summed E-state index contributed by atoms with van der Waals surface area (Å²) in [6.45, 7) is 5.10. The van der Waals surface area contributed by atoms with E-state index in [2.05, 4.69) is 29.1 Å². The van der Waals surface area contributed by atoms with Crippen LogP contribution in [-0.4, -0.2) is 28.2 Å². The maximum absolute atomic E-state index is 11.6. The predicted octanol–water partition coefficient (Wildman–Crippen LogP) is 2.52. The molecule has 0 saturated carbocycles. The number of aromatic nitrogens is 2. The number of hydrogen-bond donors (Lipinski definition) is 2. The Morgan fingerprint density at radius 3 is 3.00 bits per heavy atom. The Labute approximate surface area is 126 Å². The van der Waals surface area contributed by atoms with E-state index in [9.17, 15) is 4.79 Å². The number of ether oxygens (including phenoxy) is 1. The Hall–Kier alpha value is -0.630. The smallest absolute Gasteiger partial charge is 0.266 e. The quantitative estimate of drug-likeness (QED) is 0.792. The second kappa shape index (κ2) is 6.21. The van der Waals surface area contributed by atoms with Gasteiger partial charge in [-0.1, -0.05) is 13.8 Å². The van der Waals surface area contributed by atoms with E-state index in [1.807, 2.05) is 22.6 Å². The molecule has 106 valence electrons. The van der Waals surface area contributed by atoms with Crippen molar-refractivity contribution in [3.63, 3.8) is 0 Å². The highest BCUT2D eigenvalue weighted by Gasteiger charge is 2.34. The van der Waals surface area contributed by atoms with Crippen LogP contribution in [0, 0.1) is 3.57 Å². The van der Waals surface area contributed by atoms with Crippen LogP contribution in [0.2, 0.25) is 0 Å². The molecule has 2 rings (SSSR count). The van der Waals surface area contributed by atoms with Crippen LogP contribution < -0.4 is 10.9 Å². The molecule has 1 aliphatic heterocycles. The average Bonchev–Trinajstić information content (AvgIpc) is 2.44. The number of rotatable bonds is 4. The first-order valence-electron chi connectivity index (χ1n) is 6.74. The number of nitrogens with zero attached hydrogens (tertiary/aromatic N) is 1. The Morgan fingerprint density at radius 2 is 2.32 bits per heavy atom. The minimum atomic E-state index is -0.0950. The van der Waals surface area contributed by atoms with Gasteiger partial charge in [-0.15, -0.1) is 0 Å². The molecule has 19 heavy (non-hydrogen) atoms. The molecule has 2 N–H and O–H groups in total. The van der Waals surface area contributed by atoms with Gasteiger partial charge in [-0.3, -0.25) is 4.79 Å². The van der Waals surface area contributed by atoms with E-state index in [4.69, 9.17) is 4.74 Å². The summed E-state index contributed by atoms with van der Waals surface area (Å²) in [6, 6.07) is 0.316. The highest BCUT2D eigenvalue weighted by atomic mass is 127. The van der Waals surface area contributed by atoms with Crippen molar-refractivity contribution in [3.8, 4) is 0 Å². The van der Waals surface area contributed by atoms with Gasteiger partial charge in [0.15, 0.2) is 0 Å². The van der Waals surface area contributed by atoms with Gasteiger partial charge < -0.3 is 15.0 Å². The molecule has 1 aromatic heterocycles. The molecule has 0 bridgehead atoms. The molecule has 1 aliphatic rings. The maximum Gasteiger partial charge on any atom is 0.266 e. The summed E-state index contributed by atoms with van der Waals surface area (Å²) in [5, 5.41) is 3.39. The molecule has 1 aromatic rings. The topological polar surface area (TPSA) is 67.0 Å². The first-order valence-corrected chi connectivity index (χ1v) is 7.82. The van der Waals surface area contributed by atoms with Crippen LogP contribution in [0.3, 0.4) is 0 Å². The van der Waals surface area contributed by atoms with E-state index in [1.54, 1.807) is 0 Å². The summed E-state index contributed by atoms with van der Waals surface area (Å²) in [5.74, 6) is 0.678. The van der Waals surface area contributed by atoms with Gasteiger partial charge in [0, 0.05) is 12.6 Å². The van der Waals surface area contributed by atoms with Gasteiger partial charge in [0.1, 0.15) is 9.39 Å². The third-order valence-corrected chi connectivity index (χ3v) is 4.92. The monoisotopic (exact) mass is 377 g/mol. The Balaban J connectivity index is 2.11. The zero-order chi connectivity index (χ0) is 13.9. The lowest BCUT2D eigenvalue weighted by Crippen LogP contribution is -2.44. The maximum atomic E-state index is 11.6. The molecule has 0 amide bonds. The first-order chi connectivity index (χ1) is 9.10. The van der Waals surface area contributed by atoms with Crippen molar-refractivity contribution in [2.24, 2.45) is 0 Å². The normalized spacial score (nSPS) is 22.2. The third kappa shape index (κ3) is 3.28. The average molecular weight is 377 g/mol. The van der Waals surface area contributed by atoms with Crippen LogP contribution in [0.25, 0.3) is 0 Å². The van der Waals surface area contributed by atoms with Crippen molar-refractivity contribution >= 4 is 28.4 Å². The van der Waals surface area contributed by atoms with E-state index >= 15 is 0 Å². The largest absolute Gasteiger partial charge is 0.375 e. The molecule has 0 spiro atoms. The van der Waals surface area contributed by atoms with Gasteiger partial charge in [0.2, 0.25) is 0 Å². The second-order valence-corrected chi connectivity index (χ2v) is 6.05. The number of halogens is 1. The van der Waals surface area contributed by atoms with Crippen LogP contribution in [0.1, 0.15) is 39.5 Å². The zero-order valence-electron chi connectivity index (χ0n) is 11.3. The Kier molecular flexibility index (Phi) is 4.83. The summed E-state index contributed by atoms with van der Waals surface area (Å²) >= 11 is 2.03. The fourth-order valence-electron chi connectivity index (χ4n) is 2.57. The van der Waals surface area contributed by atoms with E-state index in [1.165, 1.54) is 6.33 Å². The number of nitrogens with one attached hydrogen (secondary N) is 2. The molecule has 2 heterocycles. The van der Waals surface area contributed by atoms with Crippen LogP contribution in [0.5, 0.6) is 0 Å². The molecule has 5 nitrogen and oxygen atoms in total. The van der Waals surface area contributed by atoms with E-state index in [0.29, 0.717) is 15.4 Å².